The highest BCUT2D eigenvalue weighted by Crippen LogP contribution is 2.39. The molecule has 30 heavy (non-hydrogen) atoms. The van der Waals surface area contributed by atoms with E-state index in [0.29, 0.717) is 0 Å². The van der Waals surface area contributed by atoms with Crippen LogP contribution >= 0.6 is 0 Å². The van der Waals surface area contributed by atoms with Crippen LogP contribution in [0.2, 0.25) is 0 Å². The van der Waals surface area contributed by atoms with Crippen LogP contribution in [-0.4, -0.2) is 63.3 Å². The van der Waals surface area contributed by atoms with Gasteiger partial charge in [-0.25, -0.2) is 4.79 Å². The maximum atomic E-state index is 12.5. The summed E-state index contributed by atoms with van der Waals surface area (Å²) in [7, 11) is -4.03. The van der Waals surface area contributed by atoms with Gasteiger partial charge in [0.05, 0.1) is 28.4 Å². The molecule has 0 saturated carbocycles. The molecule has 3 rings (SSSR count). The van der Waals surface area contributed by atoms with Crippen LogP contribution in [0.3, 0.4) is 0 Å². The number of rotatable bonds is 6. The number of H-pyrrole nitrogens is 1. The minimum Gasteiger partial charge on any atom is -0.393 e. The van der Waals surface area contributed by atoms with Gasteiger partial charge in [0.1, 0.15) is 17.1 Å². The van der Waals surface area contributed by atoms with Gasteiger partial charge in [-0.15, -0.1) is 0 Å². The topological polar surface area (TPSA) is 148 Å². The molecular formula is C18H24N2O8SSi. The van der Waals surface area contributed by atoms with Gasteiger partial charge in [0.15, 0.2) is 0 Å². The monoisotopic (exact) mass is 456 g/mol. The van der Waals surface area contributed by atoms with Gasteiger partial charge in [-0.2, -0.15) is 8.42 Å². The van der Waals surface area contributed by atoms with Crippen LogP contribution in [0.1, 0.15) is 17.5 Å². The minimum atomic E-state index is -4.13. The number of benzene rings is 1. The van der Waals surface area contributed by atoms with Gasteiger partial charge in [-0.1, -0.05) is 17.7 Å². The lowest BCUT2D eigenvalue weighted by molar-refractivity contribution is -0.150. The fourth-order valence-electron chi connectivity index (χ4n) is 3.38. The van der Waals surface area contributed by atoms with Gasteiger partial charge >= 0.3 is 5.69 Å². The smallest absolute Gasteiger partial charge is 0.330 e. The lowest BCUT2D eigenvalue weighted by atomic mass is 10.0. The molecule has 1 aromatic heterocycles. The number of hydrogen-bond acceptors (Lipinski definition) is 8. The molecule has 1 aliphatic rings. The van der Waals surface area contributed by atoms with Gasteiger partial charge < -0.3 is 14.9 Å². The van der Waals surface area contributed by atoms with Gasteiger partial charge in [0.25, 0.3) is 15.7 Å². The number of nitrogens with zero attached hydrogens (tertiary/aromatic N) is 1. The molecular weight excluding hydrogens is 432 g/mol. The number of hydrogen-bond donors (Lipinski definition) is 3. The third-order valence-electron chi connectivity index (χ3n) is 5.28. The van der Waals surface area contributed by atoms with Crippen molar-refractivity contribution in [1.82, 2.24) is 9.55 Å². The predicted molar refractivity (Wildman–Crippen MR) is 110 cm³/mol. The van der Waals surface area contributed by atoms with E-state index in [1.807, 2.05) is 6.92 Å². The Morgan fingerprint density at radius 1 is 1.30 bits per heavy atom. The molecule has 1 aromatic carbocycles. The molecule has 0 spiro atoms. The first-order valence-electron chi connectivity index (χ1n) is 9.21. The van der Waals surface area contributed by atoms with Crippen LogP contribution in [0.15, 0.2) is 44.9 Å². The molecule has 1 fully saturated rings. The van der Waals surface area contributed by atoms with E-state index >= 15 is 0 Å². The molecule has 1 aliphatic heterocycles. The number of aliphatic hydroxyl groups is 2. The summed E-state index contributed by atoms with van der Waals surface area (Å²) in [6.45, 7) is 2.11. The van der Waals surface area contributed by atoms with Crippen LogP contribution in [-0.2, 0) is 24.4 Å². The van der Waals surface area contributed by atoms with Crippen LogP contribution in [0, 0.1) is 13.8 Å². The van der Waals surface area contributed by atoms with E-state index in [1.165, 1.54) is 25.3 Å². The van der Waals surface area contributed by atoms with Crippen LogP contribution in [0.25, 0.3) is 0 Å². The average molecular weight is 457 g/mol. The molecule has 0 unspecified atom stereocenters. The third-order valence-corrected chi connectivity index (χ3v) is 7.91. The lowest BCUT2D eigenvalue weighted by Gasteiger charge is -2.33. The second kappa shape index (κ2) is 7.87. The summed E-state index contributed by atoms with van der Waals surface area (Å²) >= 11 is 0. The van der Waals surface area contributed by atoms with Crippen LogP contribution in [0.4, 0.5) is 0 Å². The molecule has 2 aromatic rings. The van der Waals surface area contributed by atoms with Crippen molar-refractivity contribution < 1.29 is 27.6 Å². The number of aryl methyl sites for hydroxylation is 2. The molecule has 12 heteroatoms. The van der Waals surface area contributed by atoms with Crippen molar-refractivity contribution in [2.45, 2.75) is 42.2 Å². The second-order valence-electron chi connectivity index (χ2n) is 7.69. The van der Waals surface area contributed by atoms with E-state index in [0.717, 1.165) is 10.1 Å². The zero-order valence-electron chi connectivity index (χ0n) is 16.8. The quantitative estimate of drug-likeness (QED) is 0.335. The molecule has 0 bridgehead atoms. The first-order chi connectivity index (χ1) is 13.9. The second-order valence-corrected chi connectivity index (χ2v) is 10.7. The normalized spacial score (nSPS) is 26.9. The zero-order chi connectivity index (χ0) is 22.3. The molecule has 3 atom stereocenters. The number of nitrogens with one attached hydrogen (secondary N) is 1. The van der Waals surface area contributed by atoms with Crippen LogP contribution < -0.4 is 11.2 Å². The molecule has 3 N–H and O–H groups in total. The fraction of sp³-hybridized carbons (Fsp3) is 0.444. The van der Waals surface area contributed by atoms with Crippen molar-refractivity contribution in [2.24, 2.45) is 0 Å². The highest BCUT2D eigenvalue weighted by molar-refractivity contribution is 7.86. The fourth-order valence-corrected chi connectivity index (χ4v) is 5.33. The van der Waals surface area contributed by atoms with E-state index in [-0.39, 0.29) is 27.1 Å². The van der Waals surface area contributed by atoms with E-state index in [4.69, 9.17) is 8.92 Å². The van der Waals surface area contributed by atoms with Gasteiger partial charge in [-0.05, 0) is 26.0 Å². The largest absolute Gasteiger partial charge is 0.393 e. The Bertz CT molecular complexity index is 1160. The Morgan fingerprint density at radius 2 is 1.93 bits per heavy atom. The van der Waals surface area contributed by atoms with E-state index in [2.05, 4.69) is 4.98 Å². The van der Waals surface area contributed by atoms with E-state index in [1.54, 1.807) is 12.1 Å². The van der Waals surface area contributed by atoms with E-state index in [9.17, 15) is 28.2 Å². The van der Waals surface area contributed by atoms with E-state index < -0.39 is 51.6 Å². The summed E-state index contributed by atoms with van der Waals surface area (Å²) < 4.78 is 37.1. The summed E-state index contributed by atoms with van der Waals surface area (Å²) in [4.78, 5) is 26.1. The highest BCUT2D eigenvalue weighted by Gasteiger charge is 2.55. The van der Waals surface area contributed by atoms with Gasteiger partial charge in [0.2, 0.25) is 0 Å². The SMILES string of the molecule is Cc1ccc(S(=O)(=O)OC[C@@]2(CO)C[C@@H](O)[C@]([SiH3])(n3cc(C)c(=O)[nH]c3=O)O2)cc1. The summed E-state index contributed by atoms with van der Waals surface area (Å²) in [6.07, 6.45) is -0.125. The molecule has 0 radical (unpaired) electrons. The summed E-state index contributed by atoms with van der Waals surface area (Å²) in [5.41, 5.74) is -1.77. The Hall–Kier alpha value is -2.09. The average Bonchev–Trinajstić information content (AvgIpc) is 2.95. The number of aliphatic hydroxyl groups excluding tert-OH is 2. The van der Waals surface area contributed by atoms with Crippen molar-refractivity contribution in [3.05, 3.63) is 62.4 Å². The highest BCUT2D eigenvalue weighted by atomic mass is 32.2. The molecule has 10 nitrogen and oxygen atoms in total. The predicted octanol–water partition coefficient (Wildman–Crippen LogP) is -1.95. The standard InChI is InChI=1S/C18H24N2O8SSi/c1-11-3-5-13(6-4-11)29(25,26)27-10-17(9-21)7-14(22)18(30,28-17)20-8-12(2)15(23)19-16(20)24/h3-6,8,14,21-22H,7,9-10H2,1-2,30H3,(H,19,23,24)/t14-,17+,18+/m1/s1. The van der Waals surface area contributed by atoms with Crippen molar-refractivity contribution in [3.63, 3.8) is 0 Å². The first kappa shape index (κ1) is 22.6. The third kappa shape index (κ3) is 4.06. The zero-order valence-corrected chi connectivity index (χ0v) is 19.6. The maximum absolute atomic E-state index is 12.5. The molecule has 1 saturated heterocycles. The number of aromatic nitrogens is 2. The Balaban J connectivity index is 1.88. The number of ether oxygens (including phenoxy) is 1. The lowest BCUT2D eigenvalue weighted by Crippen LogP contribution is -2.52. The Kier molecular flexibility index (Phi) is 5.92. The molecule has 2 heterocycles. The summed E-state index contributed by atoms with van der Waals surface area (Å²) in [5, 5.41) is 19.1. The molecule has 0 aliphatic carbocycles. The summed E-state index contributed by atoms with van der Waals surface area (Å²) in [6, 6.07) is 6.06. The molecule has 164 valence electrons. The van der Waals surface area contributed by atoms with Crippen molar-refractivity contribution in [2.75, 3.05) is 13.2 Å². The Labute approximate surface area is 175 Å². The summed E-state index contributed by atoms with van der Waals surface area (Å²) in [5.74, 6) is 0. The van der Waals surface area contributed by atoms with Crippen LogP contribution in [0.5, 0.6) is 0 Å². The van der Waals surface area contributed by atoms with Gasteiger partial charge in [-0.3, -0.25) is 18.5 Å². The maximum Gasteiger partial charge on any atom is 0.330 e. The first-order valence-corrected chi connectivity index (χ1v) is 11.6. The molecule has 0 amide bonds. The van der Waals surface area contributed by atoms with Crippen molar-refractivity contribution in [3.8, 4) is 0 Å². The van der Waals surface area contributed by atoms with Gasteiger partial charge in [0, 0.05) is 18.2 Å². The number of aromatic amines is 1. The van der Waals surface area contributed by atoms with Crippen molar-refractivity contribution in [1.29, 1.82) is 0 Å². The Morgan fingerprint density at radius 3 is 2.53 bits per heavy atom. The minimum absolute atomic E-state index is 0.0515. The van der Waals surface area contributed by atoms with Crippen molar-refractivity contribution >= 4 is 20.4 Å².